The van der Waals surface area contributed by atoms with Crippen molar-refractivity contribution in [3.8, 4) is 0 Å². The fourth-order valence-corrected chi connectivity index (χ4v) is 2.06. The summed E-state index contributed by atoms with van der Waals surface area (Å²) in [5.74, 6) is -0.383. The molecule has 6 heteroatoms. The van der Waals surface area contributed by atoms with Crippen LogP contribution in [-0.4, -0.2) is 48.5 Å². The van der Waals surface area contributed by atoms with Crippen LogP contribution in [0.15, 0.2) is 12.3 Å². The van der Waals surface area contributed by atoms with Crippen LogP contribution in [0.4, 0.5) is 10.2 Å². The maximum absolute atomic E-state index is 13.2. The Morgan fingerprint density at radius 2 is 2.30 bits per heavy atom. The third kappa shape index (κ3) is 3.90. The number of hydrogen-bond donors (Lipinski definition) is 2. The van der Waals surface area contributed by atoms with E-state index in [1.165, 1.54) is 18.9 Å². The number of anilines is 1. The summed E-state index contributed by atoms with van der Waals surface area (Å²) in [4.78, 5) is 18.2. The molecule has 110 valence electrons. The van der Waals surface area contributed by atoms with Crippen LogP contribution in [0.2, 0.25) is 0 Å². The van der Waals surface area contributed by atoms with Gasteiger partial charge in [-0.05, 0) is 32.9 Å². The standard InChI is InChI=1S/C14H21FN4O/c1-3-16-13-12(8-10(15)9-18-13)14(20)17-6-7-19(2)11-4-5-11/h8-9,11H,3-7H2,1-2H3,(H,16,18)(H,17,20). The van der Waals surface area contributed by atoms with Gasteiger partial charge in [0.2, 0.25) is 0 Å². The van der Waals surface area contributed by atoms with Gasteiger partial charge in [0, 0.05) is 25.7 Å². The molecule has 0 aliphatic heterocycles. The highest BCUT2D eigenvalue weighted by molar-refractivity contribution is 5.98. The van der Waals surface area contributed by atoms with Crippen molar-refractivity contribution in [3.63, 3.8) is 0 Å². The molecule has 0 aromatic carbocycles. The van der Waals surface area contributed by atoms with Gasteiger partial charge in [-0.3, -0.25) is 4.79 Å². The van der Waals surface area contributed by atoms with Crippen LogP contribution < -0.4 is 10.6 Å². The van der Waals surface area contributed by atoms with Gasteiger partial charge in [-0.1, -0.05) is 0 Å². The summed E-state index contributed by atoms with van der Waals surface area (Å²) >= 11 is 0. The van der Waals surface area contributed by atoms with E-state index in [-0.39, 0.29) is 11.5 Å². The number of rotatable bonds is 7. The molecule has 1 aromatic heterocycles. The van der Waals surface area contributed by atoms with Gasteiger partial charge in [-0.25, -0.2) is 9.37 Å². The van der Waals surface area contributed by atoms with E-state index in [2.05, 4.69) is 27.6 Å². The molecule has 2 rings (SSSR count). The van der Waals surface area contributed by atoms with E-state index in [9.17, 15) is 9.18 Å². The minimum atomic E-state index is -0.507. The predicted molar refractivity (Wildman–Crippen MR) is 76.3 cm³/mol. The Morgan fingerprint density at radius 3 is 2.95 bits per heavy atom. The zero-order valence-corrected chi connectivity index (χ0v) is 11.9. The van der Waals surface area contributed by atoms with Crippen molar-refractivity contribution in [2.24, 2.45) is 0 Å². The summed E-state index contributed by atoms with van der Waals surface area (Å²) in [6.45, 7) is 3.88. The molecule has 1 heterocycles. The van der Waals surface area contributed by atoms with Crippen LogP contribution in [0.25, 0.3) is 0 Å². The van der Waals surface area contributed by atoms with Crippen molar-refractivity contribution in [1.29, 1.82) is 0 Å². The first-order valence-electron chi connectivity index (χ1n) is 6.99. The SMILES string of the molecule is CCNc1ncc(F)cc1C(=O)NCCN(C)C1CC1. The Hall–Kier alpha value is -1.69. The number of nitrogens with zero attached hydrogens (tertiary/aromatic N) is 2. The molecule has 1 fully saturated rings. The highest BCUT2D eigenvalue weighted by atomic mass is 19.1. The van der Waals surface area contributed by atoms with E-state index < -0.39 is 5.82 Å². The molecule has 0 saturated heterocycles. The average Bonchev–Trinajstić information content (AvgIpc) is 3.25. The van der Waals surface area contributed by atoms with Gasteiger partial charge >= 0.3 is 0 Å². The van der Waals surface area contributed by atoms with Crippen LogP contribution in [0.3, 0.4) is 0 Å². The summed E-state index contributed by atoms with van der Waals surface area (Å²) in [7, 11) is 2.05. The second kappa shape index (κ2) is 6.65. The van der Waals surface area contributed by atoms with Gasteiger partial charge in [-0.2, -0.15) is 0 Å². The molecule has 1 aliphatic rings. The van der Waals surface area contributed by atoms with Crippen LogP contribution >= 0.6 is 0 Å². The number of likely N-dealkylation sites (N-methyl/N-ethyl adjacent to an activating group) is 1. The summed E-state index contributed by atoms with van der Waals surface area (Å²) in [6, 6.07) is 1.88. The van der Waals surface area contributed by atoms with E-state index in [1.807, 2.05) is 6.92 Å². The fourth-order valence-electron chi connectivity index (χ4n) is 2.06. The summed E-state index contributed by atoms with van der Waals surface area (Å²) in [5.41, 5.74) is 0.251. The summed E-state index contributed by atoms with van der Waals surface area (Å²) in [6.07, 6.45) is 3.58. The van der Waals surface area contributed by atoms with Gasteiger partial charge < -0.3 is 15.5 Å². The lowest BCUT2D eigenvalue weighted by molar-refractivity contribution is 0.0949. The van der Waals surface area contributed by atoms with Crippen molar-refractivity contribution in [2.75, 3.05) is 32.0 Å². The molecule has 0 bridgehead atoms. The fraction of sp³-hybridized carbons (Fsp3) is 0.571. The van der Waals surface area contributed by atoms with Crippen LogP contribution in [0.1, 0.15) is 30.1 Å². The Kier molecular flexibility index (Phi) is 4.89. The van der Waals surface area contributed by atoms with Gasteiger partial charge in [0.05, 0.1) is 11.8 Å². The first kappa shape index (κ1) is 14.7. The second-order valence-electron chi connectivity index (χ2n) is 5.05. The molecule has 0 spiro atoms. The Balaban J connectivity index is 1.91. The van der Waals surface area contributed by atoms with Gasteiger partial charge in [-0.15, -0.1) is 0 Å². The number of nitrogens with one attached hydrogen (secondary N) is 2. The first-order chi connectivity index (χ1) is 9.61. The van der Waals surface area contributed by atoms with E-state index in [0.29, 0.717) is 24.9 Å². The molecule has 0 unspecified atom stereocenters. The molecule has 1 saturated carbocycles. The smallest absolute Gasteiger partial charge is 0.255 e. The number of amides is 1. The lowest BCUT2D eigenvalue weighted by Crippen LogP contribution is -2.34. The van der Waals surface area contributed by atoms with E-state index >= 15 is 0 Å². The van der Waals surface area contributed by atoms with E-state index in [4.69, 9.17) is 0 Å². The van der Waals surface area contributed by atoms with Crippen LogP contribution in [0.5, 0.6) is 0 Å². The molecular formula is C14H21FN4O. The van der Waals surface area contributed by atoms with Crippen molar-refractivity contribution in [1.82, 2.24) is 15.2 Å². The molecule has 0 radical (unpaired) electrons. The Morgan fingerprint density at radius 1 is 1.55 bits per heavy atom. The lowest BCUT2D eigenvalue weighted by Gasteiger charge is -2.16. The number of halogens is 1. The second-order valence-corrected chi connectivity index (χ2v) is 5.05. The topological polar surface area (TPSA) is 57.3 Å². The molecule has 5 nitrogen and oxygen atoms in total. The molecule has 1 aromatic rings. The molecule has 1 amide bonds. The third-order valence-corrected chi connectivity index (χ3v) is 3.36. The van der Waals surface area contributed by atoms with Crippen LogP contribution in [-0.2, 0) is 0 Å². The number of carbonyl (C=O) groups is 1. The van der Waals surface area contributed by atoms with Gasteiger partial charge in [0.1, 0.15) is 11.6 Å². The molecule has 20 heavy (non-hydrogen) atoms. The van der Waals surface area contributed by atoms with Crippen molar-refractivity contribution in [2.45, 2.75) is 25.8 Å². The molecule has 1 aliphatic carbocycles. The minimum Gasteiger partial charge on any atom is -0.370 e. The number of carbonyl (C=O) groups excluding carboxylic acids is 1. The highest BCUT2D eigenvalue weighted by Crippen LogP contribution is 2.24. The Labute approximate surface area is 118 Å². The maximum Gasteiger partial charge on any atom is 0.255 e. The molecule has 2 N–H and O–H groups in total. The van der Waals surface area contributed by atoms with E-state index in [1.54, 1.807) is 0 Å². The Bertz CT molecular complexity index is 476. The maximum atomic E-state index is 13.2. The summed E-state index contributed by atoms with van der Waals surface area (Å²) < 4.78 is 13.2. The third-order valence-electron chi connectivity index (χ3n) is 3.36. The average molecular weight is 280 g/mol. The highest BCUT2D eigenvalue weighted by Gasteiger charge is 2.25. The van der Waals surface area contributed by atoms with Crippen LogP contribution in [0, 0.1) is 5.82 Å². The molecular weight excluding hydrogens is 259 g/mol. The largest absolute Gasteiger partial charge is 0.370 e. The minimum absolute atomic E-state index is 0.251. The van der Waals surface area contributed by atoms with Crippen molar-refractivity contribution < 1.29 is 9.18 Å². The summed E-state index contributed by atoms with van der Waals surface area (Å²) in [5, 5.41) is 5.77. The normalized spacial score (nSPS) is 14.4. The predicted octanol–water partition coefficient (Wildman–Crippen LogP) is 1.48. The van der Waals surface area contributed by atoms with Gasteiger partial charge in [0.15, 0.2) is 0 Å². The number of hydrogen-bond acceptors (Lipinski definition) is 4. The van der Waals surface area contributed by atoms with Gasteiger partial charge in [0.25, 0.3) is 5.91 Å². The van der Waals surface area contributed by atoms with Crippen molar-refractivity contribution in [3.05, 3.63) is 23.6 Å². The zero-order chi connectivity index (χ0) is 14.5. The van der Waals surface area contributed by atoms with E-state index in [0.717, 1.165) is 12.7 Å². The number of pyridine rings is 1. The first-order valence-corrected chi connectivity index (χ1v) is 6.99. The zero-order valence-electron chi connectivity index (χ0n) is 11.9. The quantitative estimate of drug-likeness (QED) is 0.794. The lowest BCUT2D eigenvalue weighted by atomic mass is 10.2. The molecule has 0 atom stereocenters. The number of aromatic nitrogens is 1. The van der Waals surface area contributed by atoms with Crippen molar-refractivity contribution >= 4 is 11.7 Å². The monoisotopic (exact) mass is 280 g/mol.